The first-order valence-corrected chi connectivity index (χ1v) is 5.32. The Balaban J connectivity index is 2.65. The lowest BCUT2D eigenvalue weighted by Gasteiger charge is -2.25. The second-order valence-electron chi connectivity index (χ2n) is 4.61. The smallest absolute Gasteiger partial charge is 0.303 e. The van der Waals surface area contributed by atoms with Gasteiger partial charge in [0.15, 0.2) is 0 Å². The quantitative estimate of drug-likeness (QED) is 0.512. The Labute approximate surface area is 86.3 Å². The van der Waals surface area contributed by atoms with Gasteiger partial charge in [-0.1, -0.05) is 20.4 Å². The molecule has 0 aromatic heterocycles. The minimum Gasteiger partial charge on any atom is -0.455 e. The van der Waals surface area contributed by atoms with Crippen molar-refractivity contribution in [1.82, 2.24) is 0 Å². The number of hydrogen-bond acceptors (Lipinski definition) is 2. The van der Waals surface area contributed by atoms with Crippen molar-refractivity contribution in [3.8, 4) is 0 Å². The molecule has 1 rings (SSSR count). The van der Waals surface area contributed by atoms with Gasteiger partial charge in [-0.25, -0.2) is 0 Å². The summed E-state index contributed by atoms with van der Waals surface area (Å²) >= 11 is 0. The van der Waals surface area contributed by atoms with Crippen LogP contribution in [0.25, 0.3) is 0 Å². The van der Waals surface area contributed by atoms with Crippen LogP contribution in [0.4, 0.5) is 0 Å². The molecule has 80 valence electrons. The van der Waals surface area contributed by atoms with Crippen molar-refractivity contribution < 1.29 is 9.53 Å². The molecule has 14 heavy (non-hydrogen) atoms. The largest absolute Gasteiger partial charge is 0.455 e. The third kappa shape index (κ3) is 2.37. The average molecular weight is 196 g/mol. The maximum atomic E-state index is 11.0. The first-order valence-electron chi connectivity index (χ1n) is 5.32. The van der Waals surface area contributed by atoms with E-state index in [9.17, 15) is 4.79 Å². The molecular weight excluding hydrogens is 176 g/mol. The van der Waals surface area contributed by atoms with Gasteiger partial charge in [0.05, 0.1) is 0 Å². The molecule has 1 fully saturated rings. The fourth-order valence-electron chi connectivity index (χ4n) is 2.25. The van der Waals surface area contributed by atoms with E-state index in [0.29, 0.717) is 11.8 Å². The minimum absolute atomic E-state index is 0.200. The van der Waals surface area contributed by atoms with E-state index in [-0.39, 0.29) is 11.6 Å². The lowest BCUT2D eigenvalue weighted by molar-refractivity contribution is -0.152. The summed E-state index contributed by atoms with van der Waals surface area (Å²) in [4.78, 5) is 11.0. The summed E-state index contributed by atoms with van der Waals surface area (Å²) in [6.45, 7) is 9.69. The summed E-state index contributed by atoms with van der Waals surface area (Å²) in [6.07, 6.45) is 4.81. The Morgan fingerprint density at radius 1 is 1.64 bits per heavy atom. The second-order valence-corrected chi connectivity index (χ2v) is 4.61. The van der Waals surface area contributed by atoms with Gasteiger partial charge in [0.2, 0.25) is 0 Å². The van der Waals surface area contributed by atoms with Crippen LogP contribution in [0.3, 0.4) is 0 Å². The third-order valence-corrected chi connectivity index (χ3v) is 3.21. The molecule has 0 aromatic rings. The van der Waals surface area contributed by atoms with Gasteiger partial charge in [-0.3, -0.25) is 4.79 Å². The Bertz CT molecular complexity index is 232. The first kappa shape index (κ1) is 11.3. The topological polar surface area (TPSA) is 26.3 Å². The highest BCUT2D eigenvalue weighted by Gasteiger charge is 2.40. The predicted molar refractivity (Wildman–Crippen MR) is 56.9 cm³/mol. The van der Waals surface area contributed by atoms with E-state index in [2.05, 4.69) is 20.4 Å². The van der Waals surface area contributed by atoms with Crippen LogP contribution in [0.1, 0.15) is 40.0 Å². The van der Waals surface area contributed by atoms with Crippen molar-refractivity contribution >= 4 is 5.97 Å². The number of carbonyl (C=O) groups is 1. The molecule has 2 heteroatoms. The van der Waals surface area contributed by atoms with E-state index in [1.165, 1.54) is 6.92 Å². The molecular formula is C12H20O2. The van der Waals surface area contributed by atoms with E-state index in [0.717, 1.165) is 19.3 Å². The van der Waals surface area contributed by atoms with Crippen molar-refractivity contribution in [2.75, 3.05) is 0 Å². The van der Waals surface area contributed by atoms with Gasteiger partial charge in [-0.2, -0.15) is 0 Å². The SMILES string of the molecule is C=C[C@]1(OC(C)=O)CC[C@@H](C(C)C)C1. The molecule has 0 aromatic carbocycles. The van der Waals surface area contributed by atoms with E-state index in [1.54, 1.807) is 6.08 Å². The number of esters is 1. The Morgan fingerprint density at radius 3 is 2.64 bits per heavy atom. The van der Waals surface area contributed by atoms with Gasteiger partial charge in [-0.05, 0) is 37.2 Å². The molecule has 0 bridgehead atoms. The van der Waals surface area contributed by atoms with E-state index >= 15 is 0 Å². The lowest BCUT2D eigenvalue weighted by Crippen LogP contribution is -2.29. The minimum atomic E-state index is -0.374. The molecule has 0 amide bonds. The van der Waals surface area contributed by atoms with Crippen LogP contribution in [0.5, 0.6) is 0 Å². The molecule has 0 radical (unpaired) electrons. The van der Waals surface area contributed by atoms with E-state index in [4.69, 9.17) is 4.74 Å². The van der Waals surface area contributed by atoms with Crippen molar-refractivity contribution in [1.29, 1.82) is 0 Å². The number of carbonyl (C=O) groups excluding carboxylic acids is 1. The second kappa shape index (κ2) is 4.16. The zero-order chi connectivity index (χ0) is 10.8. The van der Waals surface area contributed by atoms with Crippen LogP contribution < -0.4 is 0 Å². The van der Waals surface area contributed by atoms with E-state index < -0.39 is 0 Å². The van der Waals surface area contributed by atoms with Gasteiger partial charge >= 0.3 is 5.97 Å². The van der Waals surface area contributed by atoms with Crippen LogP contribution in [0.15, 0.2) is 12.7 Å². The molecule has 2 nitrogen and oxygen atoms in total. The summed E-state index contributed by atoms with van der Waals surface area (Å²) in [7, 11) is 0. The molecule has 1 aliphatic rings. The standard InChI is InChI=1S/C12H20O2/c1-5-12(14-10(4)13)7-6-11(8-12)9(2)3/h5,9,11H,1,6-8H2,2-4H3/t11-,12+/m1/s1. The summed E-state index contributed by atoms with van der Waals surface area (Å²) in [5.41, 5.74) is -0.374. The monoisotopic (exact) mass is 196 g/mol. The Kier molecular flexibility index (Phi) is 3.35. The van der Waals surface area contributed by atoms with Crippen LogP contribution in [0.2, 0.25) is 0 Å². The highest BCUT2D eigenvalue weighted by Crippen LogP contribution is 2.41. The third-order valence-electron chi connectivity index (χ3n) is 3.21. The summed E-state index contributed by atoms with van der Waals surface area (Å²) in [5, 5.41) is 0. The summed E-state index contributed by atoms with van der Waals surface area (Å²) in [5.74, 6) is 1.12. The average Bonchev–Trinajstić information content (AvgIpc) is 2.49. The molecule has 2 atom stereocenters. The number of ether oxygens (including phenoxy) is 1. The van der Waals surface area contributed by atoms with Crippen LogP contribution >= 0.6 is 0 Å². The highest BCUT2D eigenvalue weighted by molar-refractivity contribution is 5.66. The fraction of sp³-hybridized carbons (Fsp3) is 0.750. The van der Waals surface area contributed by atoms with Crippen molar-refractivity contribution in [2.24, 2.45) is 11.8 Å². The van der Waals surface area contributed by atoms with Crippen LogP contribution in [-0.4, -0.2) is 11.6 Å². The number of hydrogen-bond donors (Lipinski definition) is 0. The zero-order valence-corrected chi connectivity index (χ0v) is 9.38. The maximum absolute atomic E-state index is 11.0. The van der Waals surface area contributed by atoms with Gasteiger partial charge < -0.3 is 4.74 Å². The molecule has 1 aliphatic carbocycles. The Hall–Kier alpha value is -0.790. The highest BCUT2D eigenvalue weighted by atomic mass is 16.6. The lowest BCUT2D eigenvalue weighted by atomic mass is 9.92. The van der Waals surface area contributed by atoms with E-state index in [1.807, 2.05) is 0 Å². The molecule has 0 unspecified atom stereocenters. The molecule has 0 N–H and O–H groups in total. The molecule has 0 aliphatic heterocycles. The normalized spacial score (nSPS) is 31.9. The maximum Gasteiger partial charge on any atom is 0.303 e. The van der Waals surface area contributed by atoms with Gasteiger partial charge in [0, 0.05) is 6.92 Å². The fourth-order valence-corrected chi connectivity index (χ4v) is 2.25. The zero-order valence-electron chi connectivity index (χ0n) is 9.38. The van der Waals surface area contributed by atoms with Gasteiger partial charge in [0.1, 0.15) is 5.60 Å². The van der Waals surface area contributed by atoms with Crippen LogP contribution in [-0.2, 0) is 9.53 Å². The number of rotatable bonds is 3. The van der Waals surface area contributed by atoms with Crippen molar-refractivity contribution in [3.05, 3.63) is 12.7 Å². The van der Waals surface area contributed by atoms with Crippen molar-refractivity contribution in [3.63, 3.8) is 0 Å². The predicted octanol–water partition coefficient (Wildman–Crippen LogP) is 2.93. The van der Waals surface area contributed by atoms with Crippen LogP contribution in [0, 0.1) is 11.8 Å². The summed E-state index contributed by atoms with van der Waals surface area (Å²) in [6, 6.07) is 0. The van der Waals surface area contributed by atoms with Gasteiger partial charge in [-0.15, -0.1) is 0 Å². The first-order chi connectivity index (χ1) is 6.49. The Morgan fingerprint density at radius 2 is 2.29 bits per heavy atom. The summed E-state index contributed by atoms with van der Waals surface area (Å²) < 4.78 is 5.37. The van der Waals surface area contributed by atoms with Crippen molar-refractivity contribution in [2.45, 2.75) is 45.6 Å². The van der Waals surface area contributed by atoms with Gasteiger partial charge in [0.25, 0.3) is 0 Å². The molecule has 0 saturated heterocycles. The molecule has 0 heterocycles. The molecule has 0 spiro atoms. The molecule has 1 saturated carbocycles.